The number of nitrogens with zero attached hydrogens (tertiary/aromatic N) is 1. The lowest BCUT2D eigenvalue weighted by atomic mass is 9.52. The molecular formula is C60H43N. The summed E-state index contributed by atoms with van der Waals surface area (Å²) in [4.78, 5) is 2.56. The fraction of sp³-hybridized carbons (Fsp3) is 0.0667. The number of allylic oxidation sites excluding steroid dienone is 2. The SMILES string of the molecule is C1=CC(N(c2ccc(C3(c4ccccc4)c4ccccc4C4(c5ccccc5)c5ccccc5-c5cccc3c54)cc2)c2cccc3ccccc23)CC=C1c1ccccc1. The first-order valence-corrected chi connectivity index (χ1v) is 21.5. The van der Waals surface area contributed by atoms with E-state index in [-0.39, 0.29) is 6.04 Å². The molecule has 3 aliphatic carbocycles. The van der Waals surface area contributed by atoms with E-state index in [1.807, 2.05) is 0 Å². The van der Waals surface area contributed by atoms with Gasteiger partial charge in [-0.2, -0.15) is 0 Å². The largest absolute Gasteiger partial charge is 0.334 e. The second-order valence-corrected chi connectivity index (χ2v) is 16.7. The van der Waals surface area contributed by atoms with Crippen LogP contribution < -0.4 is 4.90 Å². The quantitative estimate of drug-likeness (QED) is 0.156. The fourth-order valence-electron chi connectivity index (χ4n) is 11.3. The number of hydrogen-bond acceptors (Lipinski definition) is 1. The van der Waals surface area contributed by atoms with Crippen LogP contribution in [0.15, 0.2) is 243 Å². The summed E-state index contributed by atoms with van der Waals surface area (Å²) in [5, 5.41) is 2.49. The highest BCUT2D eigenvalue weighted by molar-refractivity contribution is 5.97. The average Bonchev–Trinajstić information content (AvgIpc) is 3.65. The van der Waals surface area contributed by atoms with Crippen molar-refractivity contribution in [2.45, 2.75) is 23.3 Å². The van der Waals surface area contributed by atoms with Crippen LogP contribution in [0.2, 0.25) is 0 Å². The monoisotopic (exact) mass is 777 g/mol. The average molecular weight is 778 g/mol. The van der Waals surface area contributed by atoms with Crippen LogP contribution in [0.5, 0.6) is 0 Å². The smallest absolute Gasteiger partial charge is 0.0720 e. The lowest BCUT2D eigenvalue weighted by molar-refractivity contribution is 0.626. The maximum Gasteiger partial charge on any atom is 0.0720 e. The Morgan fingerprint density at radius 2 is 0.951 bits per heavy atom. The Kier molecular flexibility index (Phi) is 8.18. The molecule has 0 bridgehead atoms. The van der Waals surface area contributed by atoms with E-state index in [2.05, 4.69) is 248 Å². The summed E-state index contributed by atoms with van der Waals surface area (Å²) >= 11 is 0. The molecule has 61 heavy (non-hydrogen) atoms. The molecule has 0 amide bonds. The molecule has 0 radical (unpaired) electrons. The van der Waals surface area contributed by atoms with Gasteiger partial charge in [-0.3, -0.25) is 0 Å². The number of hydrogen-bond donors (Lipinski definition) is 0. The number of benzene rings is 9. The maximum absolute atomic E-state index is 2.56. The zero-order valence-corrected chi connectivity index (χ0v) is 33.8. The van der Waals surface area contributed by atoms with E-state index in [1.54, 1.807) is 0 Å². The summed E-state index contributed by atoms with van der Waals surface area (Å²) in [6.07, 6.45) is 8.01. The number of anilines is 2. The molecule has 0 N–H and O–H groups in total. The summed E-state index contributed by atoms with van der Waals surface area (Å²) in [5.74, 6) is 0. The van der Waals surface area contributed by atoms with Crippen molar-refractivity contribution >= 4 is 27.7 Å². The van der Waals surface area contributed by atoms with Crippen molar-refractivity contribution in [3.8, 4) is 11.1 Å². The van der Waals surface area contributed by atoms with Crippen LogP contribution in [0.3, 0.4) is 0 Å². The van der Waals surface area contributed by atoms with Gasteiger partial charge in [-0.1, -0.05) is 224 Å². The molecule has 3 atom stereocenters. The van der Waals surface area contributed by atoms with Gasteiger partial charge in [0.15, 0.2) is 0 Å². The minimum absolute atomic E-state index is 0.130. The van der Waals surface area contributed by atoms with Crippen molar-refractivity contribution in [3.63, 3.8) is 0 Å². The Labute approximate surface area is 358 Å². The van der Waals surface area contributed by atoms with Crippen molar-refractivity contribution < 1.29 is 0 Å². The highest BCUT2D eigenvalue weighted by atomic mass is 15.2. The molecular weight excluding hydrogens is 735 g/mol. The van der Waals surface area contributed by atoms with Gasteiger partial charge in [0.1, 0.15) is 0 Å². The molecule has 1 heteroatoms. The van der Waals surface area contributed by atoms with E-state index in [1.165, 1.54) is 88.9 Å². The highest BCUT2D eigenvalue weighted by Gasteiger charge is 2.57. The molecule has 0 spiro atoms. The van der Waals surface area contributed by atoms with Crippen LogP contribution in [0, 0.1) is 0 Å². The van der Waals surface area contributed by atoms with Crippen molar-refractivity contribution in [1.29, 1.82) is 0 Å². The molecule has 3 aliphatic rings. The summed E-state index contributed by atoms with van der Waals surface area (Å²) in [6, 6.07) is 83.9. The minimum atomic E-state index is -0.593. The Morgan fingerprint density at radius 1 is 0.410 bits per heavy atom. The molecule has 0 fully saturated rings. The molecule has 9 aromatic rings. The van der Waals surface area contributed by atoms with Crippen molar-refractivity contribution in [2.75, 3.05) is 4.90 Å². The molecule has 9 aromatic carbocycles. The third-order valence-corrected chi connectivity index (χ3v) is 13.7. The maximum atomic E-state index is 2.56. The molecule has 0 aromatic heterocycles. The molecule has 0 heterocycles. The number of rotatable bonds is 7. The van der Waals surface area contributed by atoms with E-state index < -0.39 is 10.8 Å². The van der Waals surface area contributed by atoms with E-state index >= 15 is 0 Å². The van der Waals surface area contributed by atoms with E-state index in [4.69, 9.17) is 0 Å². The van der Waals surface area contributed by atoms with Gasteiger partial charge in [-0.15, -0.1) is 0 Å². The first kappa shape index (κ1) is 35.5. The Balaban J connectivity index is 1.09. The molecule has 0 saturated carbocycles. The predicted molar refractivity (Wildman–Crippen MR) is 254 cm³/mol. The highest BCUT2D eigenvalue weighted by Crippen LogP contribution is 2.65. The van der Waals surface area contributed by atoms with E-state index in [0.29, 0.717) is 0 Å². The van der Waals surface area contributed by atoms with Crippen molar-refractivity contribution in [2.24, 2.45) is 0 Å². The molecule has 0 aliphatic heterocycles. The second kappa shape index (κ2) is 14.1. The Bertz CT molecular complexity index is 3160. The van der Waals surface area contributed by atoms with E-state index in [9.17, 15) is 0 Å². The molecule has 3 unspecified atom stereocenters. The molecule has 288 valence electrons. The van der Waals surface area contributed by atoms with Gasteiger partial charge in [0, 0.05) is 16.8 Å². The van der Waals surface area contributed by atoms with Gasteiger partial charge in [0.05, 0.1) is 16.9 Å². The van der Waals surface area contributed by atoms with Gasteiger partial charge in [0.2, 0.25) is 0 Å². The fourth-order valence-corrected chi connectivity index (χ4v) is 11.3. The summed E-state index contributed by atoms with van der Waals surface area (Å²) in [7, 11) is 0. The van der Waals surface area contributed by atoms with Crippen LogP contribution in [0.25, 0.3) is 27.5 Å². The molecule has 12 rings (SSSR count). The van der Waals surface area contributed by atoms with Crippen LogP contribution in [-0.4, -0.2) is 6.04 Å². The standard InChI is InChI=1S/C60H43N/c1-4-18-42(19-5-1)43-34-38-48(39-35-43)61(57-33-16-21-44-20-10-11-26-50(44)57)49-40-36-47(37-41-49)59(45-22-6-2-7-23-45)54-30-14-15-31-55(54)60(46-24-8-3-9-25-46)53-29-13-12-27-51(53)52-28-17-32-56(59)58(52)60/h1-38,40-41,48H,39H2. The summed E-state index contributed by atoms with van der Waals surface area (Å²) < 4.78 is 0. The normalized spacial score (nSPS) is 19.4. The lowest BCUT2D eigenvalue weighted by Crippen LogP contribution is -2.44. The predicted octanol–water partition coefficient (Wildman–Crippen LogP) is 14.4. The first-order chi connectivity index (χ1) is 30.3. The summed E-state index contributed by atoms with van der Waals surface area (Å²) in [5.41, 5.74) is 17.0. The topological polar surface area (TPSA) is 3.24 Å². The van der Waals surface area contributed by atoms with Gasteiger partial charge in [0.25, 0.3) is 0 Å². The van der Waals surface area contributed by atoms with Crippen LogP contribution >= 0.6 is 0 Å². The number of fused-ring (bicyclic) bond motifs is 6. The van der Waals surface area contributed by atoms with Gasteiger partial charge >= 0.3 is 0 Å². The Hall–Kier alpha value is -7.48. The zero-order chi connectivity index (χ0) is 40.4. The summed E-state index contributed by atoms with van der Waals surface area (Å²) in [6.45, 7) is 0. The van der Waals surface area contributed by atoms with Gasteiger partial charge in [-0.25, -0.2) is 0 Å². The van der Waals surface area contributed by atoms with Crippen molar-refractivity contribution in [3.05, 3.63) is 293 Å². The molecule has 0 saturated heterocycles. The van der Waals surface area contributed by atoms with Crippen LogP contribution in [0.1, 0.15) is 56.5 Å². The van der Waals surface area contributed by atoms with E-state index in [0.717, 1.165) is 6.42 Å². The lowest BCUT2D eigenvalue weighted by Gasteiger charge is -2.49. The van der Waals surface area contributed by atoms with Gasteiger partial charge < -0.3 is 4.90 Å². The second-order valence-electron chi connectivity index (χ2n) is 16.7. The third kappa shape index (κ3) is 5.14. The third-order valence-electron chi connectivity index (χ3n) is 13.7. The van der Waals surface area contributed by atoms with Crippen molar-refractivity contribution in [1.82, 2.24) is 0 Å². The molecule has 1 nitrogen and oxygen atoms in total. The Morgan fingerprint density at radius 3 is 1.67 bits per heavy atom. The van der Waals surface area contributed by atoms with Crippen LogP contribution in [-0.2, 0) is 10.8 Å². The van der Waals surface area contributed by atoms with Gasteiger partial charge in [-0.05, 0) is 96.8 Å². The zero-order valence-electron chi connectivity index (χ0n) is 33.8. The van der Waals surface area contributed by atoms with Crippen LogP contribution in [0.4, 0.5) is 11.4 Å². The minimum Gasteiger partial charge on any atom is -0.334 e. The first-order valence-electron chi connectivity index (χ1n) is 21.5.